The van der Waals surface area contributed by atoms with Crippen LogP contribution in [0.2, 0.25) is 0 Å². The van der Waals surface area contributed by atoms with E-state index in [1.807, 2.05) is 19.2 Å². The highest BCUT2D eigenvalue weighted by Gasteiger charge is 2.29. The van der Waals surface area contributed by atoms with Crippen LogP contribution in [0, 0.1) is 12.8 Å². The summed E-state index contributed by atoms with van der Waals surface area (Å²) < 4.78 is 5.55. The fraction of sp³-hybridized carbons (Fsp3) is 0.480. The normalized spacial score (nSPS) is 19.0. The fourth-order valence-electron chi connectivity index (χ4n) is 4.23. The molecule has 0 atom stereocenters. The highest BCUT2D eigenvalue weighted by molar-refractivity contribution is 5.93. The first-order valence-corrected chi connectivity index (χ1v) is 11.3. The number of hydrogen-bond donors (Lipinski definition) is 1. The Hall–Kier alpha value is -3.09. The van der Waals surface area contributed by atoms with E-state index < -0.39 is 0 Å². The number of carbonyl (C=O) groups is 1. The summed E-state index contributed by atoms with van der Waals surface area (Å²) in [7, 11) is 0. The van der Waals surface area contributed by atoms with E-state index in [0.717, 1.165) is 54.2 Å². The van der Waals surface area contributed by atoms with Gasteiger partial charge in [0.15, 0.2) is 5.76 Å². The molecular formula is C25H31N5O2. The van der Waals surface area contributed by atoms with Crippen LogP contribution < -0.4 is 5.32 Å². The third-order valence-electron chi connectivity index (χ3n) is 6.11. The standard InChI is InChI=1S/C25H31N5O2/c1-16-13-21(32-30-16)20-15-28-24(25(2,3)4)29-22(20)18-7-5-17(6-8-18)14-27-23(31)19-9-11-26-12-10-19/h9-13,15,17-18H,5-8,14H2,1-4H3,(H,27,31). The first-order valence-electron chi connectivity index (χ1n) is 11.3. The minimum atomic E-state index is -0.126. The summed E-state index contributed by atoms with van der Waals surface area (Å²) in [5.41, 5.74) is 3.36. The number of nitrogens with zero attached hydrogens (tertiary/aromatic N) is 4. The van der Waals surface area contributed by atoms with Crippen LogP contribution in [-0.2, 0) is 5.41 Å². The number of pyridine rings is 1. The van der Waals surface area contributed by atoms with Gasteiger partial charge in [-0.25, -0.2) is 9.97 Å². The van der Waals surface area contributed by atoms with Crippen LogP contribution in [0.3, 0.4) is 0 Å². The molecule has 4 rings (SSSR count). The van der Waals surface area contributed by atoms with E-state index in [2.05, 4.69) is 41.2 Å². The van der Waals surface area contributed by atoms with E-state index >= 15 is 0 Å². The second-order valence-corrected chi connectivity index (χ2v) is 9.74. The molecular weight excluding hydrogens is 402 g/mol. The van der Waals surface area contributed by atoms with Crippen LogP contribution in [0.5, 0.6) is 0 Å². The molecule has 1 N–H and O–H groups in total. The molecule has 1 fully saturated rings. The average Bonchev–Trinajstić information content (AvgIpc) is 3.23. The number of aryl methyl sites for hydroxylation is 1. The highest BCUT2D eigenvalue weighted by atomic mass is 16.5. The van der Waals surface area contributed by atoms with Gasteiger partial charge in [-0.1, -0.05) is 25.9 Å². The molecule has 7 nitrogen and oxygen atoms in total. The van der Waals surface area contributed by atoms with Crippen molar-refractivity contribution >= 4 is 5.91 Å². The predicted molar refractivity (Wildman–Crippen MR) is 122 cm³/mol. The van der Waals surface area contributed by atoms with Crippen LogP contribution in [-0.4, -0.2) is 32.6 Å². The molecule has 1 amide bonds. The quantitative estimate of drug-likeness (QED) is 0.619. The maximum atomic E-state index is 12.3. The van der Waals surface area contributed by atoms with Gasteiger partial charge >= 0.3 is 0 Å². The van der Waals surface area contributed by atoms with Crippen molar-refractivity contribution < 1.29 is 9.32 Å². The summed E-state index contributed by atoms with van der Waals surface area (Å²) >= 11 is 0. The Morgan fingerprint density at radius 3 is 2.50 bits per heavy atom. The van der Waals surface area contributed by atoms with Crippen LogP contribution in [0.1, 0.15) is 79.9 Å². The Morgan fingerprint density at radius 1 is 1.16 bits per heavy atom. The summed E-state index contributed by atoms with van der Waals surface area (Å²) in [4.78, 5) is 26.0. The second-order valence-electron chi connectivity index (χ2n) is 9.74. The summed E-state index contributed by atoms with van der Waals surface area (Å²) in [5.74, 6) is 2.34. The third-order valence-corrected chi connectivity index (χ3v) is 6.11. The van der Waals surface area contributed by atoms with Gasteiger partial charge in [-0.2, -0.15) is 0 Å². The second kappa shape index (κ2) is 9.18. The zero-order valence-corrected chi connectivity index (χ0v) is 19.3. The smallest absolute Gasteiger partial charge is 0.251 e. The van der Waals surface area contributed by atoms with Gasteiger partial charge in [0.1, 0.15) is 5.82 Å². The Bertz CT molecular complexity index is 1060. The van der Waals surface area contributed by atoms with E-state index in [1.165, 1.54) is 0 Å². The first kappa shape index (κ1) is 22.1. The molecule has 0 aromatic carbocycles. The molecule has 3 aromatic heterocycles. The highest BCUT2D eigenvalue weighted by Crippen LogP contribution is 2.39. The third kappa shape index (κ3) is 5.03. The average molecular weight is 434 g/mol. The van der Waals surface area contributed by atoms with Gasteiger partial charge in [0.2, 0.25) is 0 Å². The van der Waals surface area contributed by atoms with Crippen molar-refractivity contribution in [1.82, 2.24) is 25.4 Å². The molecule has 0 spiro atoms. The van der Waals surface area contributed by atoms with Gasteiger partial charge in [0.05, 0.1) is 17.0 Å². The van der Waals surface area contributed by atoms with Crippen LogP contribution in [0.4, 0.5) is 0 Å². The molecule has 3 heterocycles. The van der Waals surface area contributed by atoms with Crippen molar-refractivity contribution in [3.63, 3.8) is 0 Å². The van der Waals surface area contributed by atoms with Crippen LogP contribution in [0.25, 0.3) is 11.3 Å². The lowest BCUT2D eigenvalue weighted by Crippen LogP contribution is -2.31. The zero-order chi connectivity index (χ0) is 22.7. The topological polar surface area (TPSA) is 93.8 Å². The largest absolute Gasteiger partial charge is 0.356 e. The molecule has 1 aliphatic rings. The lowest BCUT2D eigenvalue weighted by molar-refractivity contribution is 0.0942. The van der Waals surface area contributed by atoms with Crippen molar-refractivity contribution in [2.45, 2.75) is 64.7 Å². The molecule has 168 valence electrons. The lowest BCUT2D eigenvalue weighted by atomic mass is 9.79. The van der Waals surface area contributed by atoms with Gasteiger partial charge in [-0.15, -0.1) is 0 Å². The molecule has 32 heavy (non-hydrogen) atoms. The molecule has 3 aromatic rings. The SMILES string of the molecule is Cc1cc(-c2cnc(C(C)(C)C)nc2C2CCC(CNC(=O)c3ccncc3)CC2)on1. The van der Waals surface area contributed by atoms with E-state index in [4.69, 9.17) is 9.51 Å². The van der Waals surface area contributed by atoms with Crippen molar-refractivity contribution in [1.29, 1.82) is 0 Å². The number of nitrogens with one attached hydrogen (secondary N) is 1. The molecule has 1 saturated carbocycles. The lowest BCUT2D eigenvalue weighted by Gasteiger charge is -2.30. The van der Waals surface area contributed by atoms with Crippen molar-refractivity contribution in [3.05, 3.63) is 59.6 Å². The Balaban J connectivity index is 1.45. The van der Waals surface area contributed by atoms with Gasteiger partial charge in [0, 0.05) is 48.1 Å². The maximum Gasteiger partial charge on any atom is 0.251 e. The van der Waals surface area contributed by atoms with Crippen LogP contribution in [0.15, 0.2) is 41.3 Å². The summed E-state index contributed by atoms with van der Waals surface area (Å²) in [6.07, 6.45) is 9.32. The molecule has 0 bridgehead atoms. The first-order chi connectivity index (χ1) is 15.3. The Labute approximate surface area is 189 Å². The van der Waals surface area contributed by atoms with Gasteiger partial charge in [0.25, 0.3) is 5.91 Å². The molecule has 0 radical (unpaired) electrons. The van der Waals surface area contributed by atoms with E-state index in [0.29, 0.717) is 23.9 Å². The number of carbonyl (C=O) groups excluding carboxylic acids is 1. The molecule has 7 heteroatoms. The van der Waals surface area contributed by atoms with Gasteiger partial charge in [-0.05, 0) is 50.7 Å². The van der Waals surface area contributed by atoms with Gasteiger partial charge < -0.3 is 9.84 Å². The van der Waals surface area contributed by atoms with Crippen LogP contribution >= 0.6 is 0 Å². The Morgan fingerprint density at radius 2 is 1.88 bits per heavy atom. The number of amides is 1. The van der Waals surface area contributed by atoms with Crippen molar-refractivity contribution in [2.75, 3.05) is 6.54 Å². The molecule has 0 aliphatic heterocycles. The van der Waals surface area contributed by atoms with E-state index in [-0.39, 0.29) is 11.3 Å². The predicted octanol–water partition coefficient (Wildman–Crippen LogP) is 4.84. The van der Waals surface area contributed by atoms with Crippen molar-refractivity contribution in [3.8, 4) is 11.3 Å². The maximum absolute atomic E-state index is 12.3. The molecule has 0 unspecified atom stereocenters. The van der Waals surface area contributed by atoms with E-state index in [1.54, 1.807) is 24.5 Å². The summed E-state index contributed by atoms with van der Waals surface area (Å²) in [6.45, 7) is 9.01. The zero-order valence-electron chi connectivity index (χ0n) is 19.3. The van der Waals surface area contributed by atoms with Crippen molar-refractivity contribution in [2.24, 2.45) is 5.92 Å². The number of hydrogen-bond acceptors (Lipinski definition) is 6. The number of aromatic nitrogens is 4. The van der Waals surface area contributed by atoms with E-state index in [9.17, 15) is 4.79 Å². The minimum absolute atomic E-state index is 0.0388. The number of rotatable bonds is 5. The monoisotopic (exact) mass is 433 g/mol. The summed E-state index contributed by atoms with van der Waals surface area (Å²) in [6, 6.07) is 5.42. The molecule has 1 aliphatic carbocycles. The molecule has 0 saturated heterocycles. The summed E-state index contributed by atoms with van der Waals surface area (Å²) in [5, 5.41) is 7.13. The Kier molecular flexibility index (Phi) is 6.35. The minimum Gasteiger partial charge on any atom is -0.356 e. The fourth-order valence-corrected chi connectivity index (χ4v) is 4.23. The van der Waals surface area contributed by atoms with Gasteiger partial charge in [-0.3, -0.25) is 9.78 Å².